The van der Waals surface area contributed by atoms with Crippen LogP contribution in [0.2, 0.25) is 5.15 Å². The number of pyridine rings is 1. The number of likely N-dealkylation sites (N-methyl/N-ethyl adjacent to an activating group) is 3. The number of hydrogen-bond donors (Lipinski definition) is 1. The third kappa shape index (κ3) is 4.75. The summed E-state index contributed by atoms with van der Waals surface area (Å²) in [6.45, 7) is 4.69. The molecule has 158 valence electrons. The van der Waals surface area contributed by atoms with E-state index < -0.39 is 25.8 Å². The molecular formula is C17H24ClN7O2S2. The first-order chi connectivity index (χ1) is 13.9. The van der Waals surface area contributed by atoms with Crippen LogP contribution in [-0.4, -0.2) is 67.8 Å². The molecule has 1 N–H and O–H groups in total. The second-order valence-corrected chi connectivity index (χ2v) is 10.9. The highest BCUT2D eigenvalue weighted by Gasteiger charge is 2.37. The SMILES string of the molecule is CCN(C(=O)C(C)N(C)S(=O)S1=NC1CNC)c1cn(-c2cccnc2)nc1Cl. The van der Waals surface area contributed by atoms with Crippen LogP contribution in [0, 0.1) is 0 Å². The summed E-state index contributed by atoms with van der Waals surface area (Å²) in [7, 11) is 1.61. The van der Waals surface area contributed by atoms with Gasteiger partial charge in [-0.05, 0) is 33.0 Å². The molecule has 2 aromatic rings. The predicted molar refractivity (Wildman–Crippen MR) is 117 cm³/mol. The second-order valence-electron chi connectivity index (χ2n) is 6.38. The van der Waals surface area contributed by atoms with E-state index in [0.29, 0.717) is 18.8 Å². The predicted octanol–water partition coefficient (Wildman–Crippen LogP) is 1.53. The summed E-state index contributed by atoms with van der Waals surface area (Å²) in [5.74, 6) is -0.202. The van der Waals surface area contributed by atoms with Gasteiger partial charge in [0, 0.05) is 36.1 Å². The third-order valence-corrected chi connectivity index (χ3v) is 9.34. The molecule has 0 spiro atoms. The highest BCUT2D eigenvalue weighted by atomic mass is 35.5. The zero-order valence-corrected chi connectivity index (χ0v) is 19.0. The Kier molecular flexibility index (Phi) is 7.17. The Labute approximate surface area is 179 Å². The largest absolute Gasteiger partial charge is 0.317 e. The Balaban J connectivity index is 1.76. The normalized spacial score (nSPS) is 20.2. The second kappa shape index (κ2) is 9.43. The Morgan fingerprint density at radius 1 is 1.52 bits per heavy atom. The van der Waals surface area contributed by atoms with Crippen molar-refractivity contribution in [2.45, 2.75) is 25.3 Å². The molecule has 1 aliphatic rings. The van der Waals surface area contributed by atoms with E-state index in [1.54, 1.807) is 52.5 Å². The summed E-state index contributed by atoms with van der Waals surface area (Å²) < 4.78 is 20.2. The Bertz CT molecular complexity index is 937. The Morgan fingerprint density at radius 3 is 2.90 bits per heavy atom. The first-order valence-corrected chi connectivity index (χ1v) is 12.3. The first kappa shape index (κ1) is 22.0. The van der Waals surface area contributed by atoms with Crippen molar-refractivity contribution in [3.8, 4) is 5.69 Å². The molecule has 12 heteroatoms. The lowest BCUT2D eigenvalue weighted by atomic mass is 10.2. The number of hydrogen-bond acceptors (Lipinski definition) is 6. The van der Waals surface area contributed by atoms with E-state index in [2.05, 4.69) is 19.8 Å². The fraction of sp³-hybridized carbons (Fsp3) is 0.471. The lowest BCUT2D eigenvalue weighted by Gasteiger charge is -2.27. The van der Waals surface area contributed by atoms with Gasteiger partial charge in [0.2, 0.25) is 5.91 Å². The van der Waals surface area contributed by atoms with Crippen LogP contribution in [0.15, 0.2) is 35.1 Å². The maximum atomic E-state index is 13.2. The number of nitrogens with zero attached hydrogens (tertiary/aromatic N) is 6. The van der Waals surface area contributed by atoms with Crippen molar-refractivity contribution in [2.75, 3.05) is 32.1 Å². The molecule has 2 aromatic heterocycles. The fourth-order valence-corrected chi connectivity index (χ4v) is 7.09. The van der Waals surface area contributed by atoms with Crippen molar-refractivity contribution in [3.63, 3.8) is 0 Å². The molecule has 0 aromatic carbocycles. The van der Waals surface area contributed by atoms with Gasteiger partial charge >= 0.3 is 0 Å². The molecule has 4 unspecified atom stereocenters. The molecule has 0 fully saturated rings. The minimum Gasteiger partial charge on any atom is -0.317 e. The van der Waals surface area contributed by atoms with E-state index in [4.69, 9.17) is 11.6 Å². The number of anilines is 1. The van der Waals surface area contributed by atoms with E-state index in [1.807, 2.05) is 20.0 Å². The van der Waals surface area contributed by atoms with Gasteiger partial charge in [0.1, 0.15) is 11.1 Å². The first-order valence-electron chi connectivity index (χ1n) is 9.09. The zero-order valence-electron chi connectivity index (χ0n) is 16.6. The van der Waals surface area contributed by atoms with E-state index in [0.717, 1.165) is 5.69 Å². The summed E-state index contributed by atoms with van der Waals surface area (Å²) in [6.07, 6.45) is 5.03. The van der Waals surface area contributed by atoms with Gasteiger partial charge in [-0.15, -0.1) is 0 Å². The van der Waals surface area contributed by atoms with Crippen LogP contribution in [0.25, 0.3) is 5.69 Å². The van der Waals surface area contributed by atoms with Crippen molar-refractivity contribution in [2.24, 2.45) is 4.36 Å². The molecular weight excluding hydrogens is 434 g/mol. The van der Waals surface area contributed by atoms with Gasteiger partial charge in [-0.1, -0.05) is 11.6 Å². The van der Waals surface area contributed by atoms with Crippen LogP contribution in [-0.2, 0) is 24.5 Å². The molecule has 1 aliphatic heterocycles. The topological polar surface area (TPSA) is 95.7 Å². The highest BCUT2D eigenvalue weighted by Crippen LogP contribution is 2.28. The van der Waals surface area contributed by atoms with Gasteiger partial charge < -0.3 is 10.2 Å². The molecule has 0 aliphatic carbocycles. The van der Waals surface area contributed by atoms with Crippen LogP contribution in [0.3, 0.4) is 0 Å². The van der Waals surface area contributed by atoms with Gasteiger partial charge in [-0.2, -0.15) is 5.10 Å². The van der Waals surface area contributed by atoms with Crippen LogP contribution in [0.4, 0.5) is 5.69 Å². The summed E-state index contributed by atoms with van der Waals surface area (Å²) in [5.41, 5.74) is 1.24. The lowest BCUT2D eigenvalue weighted by molar-refractivity contribution is -0.121. The van der Waals surface area contributed by atoms with Gasteiger partial charge in [-0.25, -0.2) is 17.6 Å². The standard InChI is InChI=1S/C17H24ClN7O2S2/c1-5-24(14-11-25(21-16(14)18)13-7-6-8-20-9-13)17(26)12(2)23(4)29(27)28-15(22-28)10-19-3/h6-9,11-12,15,19H,5,10H2,1-4H3. The van der Waals surface area contributed by atoms with Gasteiger partial charge in [0.25, 0.3) is 0 Å². The number of rotatable bonds is 9. The zero-order chi connectivity index (χ0) is 21.1. The summed E-state index contributed by atoms with van der Waals surface area (Å²) >= 11 is 6.33. The molecule has 1 amide bonds. The van der Waals surface area contributed by atoms with Crippen molar-refractivity contribution >= 4 is 42.9 Å². The average molecular weight is 458 g/mol. The maximum Gasteiger partial charge on any atom is 0.245 e. The molecule has 4 atom stereocenters. The molecule has 9 nitrogen and oxygen atoms in total. The smallest absolute Gasteiger partial charge is 0.245 e. The summed E-state index contributed by atoms with van der Waals surface area (Å²) in [6, 6.07) is 3.04. The monoisotopic (exact) mass is 457 g/mol. The van der Waals surface area contributed by atoms with Crippen LogP contribution < -0.4 is 10.2 Å². The maximum absolute atomic E-state index is 13.2. The third-order valence-electron chi connectivity index (χ3n) is 4.51. The summed E-state index contributed by atoms with van der Waals surface area (Å²) in [4.78, 5) is 18.8. The molecule has 3 heterocycles. The molecule has 3 rings (SSSR count). The van der Waals surface area contributed by atoms with Gasteiger partial charge in [-0.3, -0.25) is 9.78 Å². The summed E-state index contributed by atoms with van der Waals surface area (Å²) in [5, 5.41) is 7.60. The minimum absolute atomic E-state index is 0.0556. The molecule has 0 bridgehead atoms. The van der Waals surface area contributed by atoms with E-state index >= 15 is 0 Å². The number of aromatic nitrogens is 3. The van der Waals surface area contributed by atoms with E-state index in [9.17, 15) is 9.00 Å². The lowest BCUT2D eigenvalue weighted by Crippen LogP contribution is -2.46. The highest BCUT2D eigenvalue weighted by molar-refractivity contribution is 8.63. The van der Waals surface area contributed by atoms with Gasteiger partial charge in [0.05, 0.1) is 24.1 Å². The molecule has 0 saturated heterocycles. The van der Waals surface area contributed by atoms with Gasteiger partial charge in [0.15, 0.2) is 15.2 Å². The van der Waals surface area contributed by atoms with E-state index in [1.165, 1.54) is 0 Å². The van der Waals surface area contributed by atoms with Crippen LogP contribution in [0.1, 0.15) is 13.8 Å². The van der Waals surface area contributed by atoms with Crippen molar-refractivity contribution < 1.29 is 9.00 Å². The van der Waals surface area contributed by atoms with E-state index in [-0.39, 0.29) is 16.4 Å². The minimum atomic E-state index is -1.35. The van der Waals surface area contributed by atoms with Crippen molar-refractivity contribution in [3.05, 3.63) is 35.9 Å². The quantitative estimate of drug-likeness (QED) is 0.576. The number of halogens is 1. The average Bonchev–Trinajstić information content (AvgIpc) is 3.40. The number of nitrogens with one attached hydrogen (secondary N) is 1. The molecule has 0 radical (unpaired) electrons. The van der Waals surface area contributed by atoms with Crippen molar-refractivity contribution in [1.82, 2.24) is 24.4 Å². The molecule has 29 heavy (non-hydrogen) atoms. The number of amides is 1. The fourth-order valence-electron chi connectivity index (χ4n) is 2.73. The molecule has 0 saturated carbocycles. The number of carbonyl (C=O) groups excluding carboxylic acids is 1. The number of carbonyl (C=O) groups is 1. The van der Waals surface area contributed by atoms with Crippen LogP contribution >= 0.6 is 11.6 Å². The van der Waals surface area contributed by atoms with Crippen molar-refractivity contribution in [1.29, 1.82) is 0 Å². The Hall–Kier alpha value is -1.66. The Morgan fingerprint density at radius 2 is 2.28 bits per heavy atom. The van der Waals surface area contributed by atoms with Crippen LogP contribution in [0.5, 0.6) is 0 Å².